The van der Waals surface area contributed by atoms with Crippen molar-refractivity contribution in [2.75, 3.05) is 0 Å². The van der Waals surface area contributed by atoms with Crippen LogP contribution >= 0.6 is 0 Å². The molecule has 0 saturated heterocycles. The van der Waals surface area contributed by atoms with Crippen molar-refractivity contribution in [2.45, 2.75) is 65.1 Å². The quantitative estimate of drug-likeness (QED) is 0.566. The van der Waals surface area contributed by atoms with Crippen LogP contribution in [0.25, 0.3) is 0 Å². The highest BCUT2D eigenvalue weighted by molar-refractivity contribution is 5.78. The standard InChI is InChI=1S/C15H24O4/c1-11(16)12-7-5-6-8-13(10-9-12)18-14(17)19-15(2,3)4/h6,8,12-13H,5,7,9-10H2,1-4H3/b8-6+. The average molecular weight is 268 g/mol. The Morgan fingerprint density at radius 3 is 2.42 bits per heavy atom. The minimum atomic E-state index is -0.651. The van der Waals surface area contributed by atoms with Gasteiger partial charge in [-0.1, -0.05) is 6.08 Å². The molecule has 4 nitrogen and oxygen atoms in total. The molecule has 0 aromatic rings. The Kier molecular flexibility index (Phi) is 5.58. The van der Waals surface area contributed by atoms with E-state index in [0.29, 0.717) is 6.42 Å². The Morgan fingerprint density at radius 2 is 1.84 bits per heavy atom. The van der Waals surface area contributed by atoms with Gasteiger partial charge in [0.2, 0.25) is 0 Å². The molecule has 0 radical (unpaired) electrons. The van der Waals surface area contributed by atoms with E-state index in [9.17, 15) is 9.59 Å². The van der Waals surface area contributed by atoms with Gasteiger partial charge in [-0.05, 0) is 59.5 Å². The molecule has 1 rings (SSSR count). The lowest BCUT2D eigenvalue weighted by atomic mass is 9.90. The number of carbonyl (C=O) groups excluding carboxylic acids is 2. The number of Topliss-reactive ketones (excluding diaryl/α,β-unsaturated/α-hetero) is 1. The van der Waals surface area contributed by atoms with Gasteiger partial charge < -0.3 is 9.47 Å². The molecule has 19 heavy (non-hydrogen) atoms. The summed E-state index contributed by atoms with van der Waals surface area (Å²) < 4.78 is 10.4. The molecule has 0 aliphatic heterocycles. The Hall–Kier alpha value is -1.32. The minimum Gasteiger partial charge on any atom is -0.429 e. The first-order chi connectivity index (χ1) is 8.78. The van der Waals surface area contributed by atoms with Crippen molar-refractivity contribution in [2.24, 2.45) is 5.92 Å². The summed E-state index contributed by atoms with van der Waals surface area (Å²) in [5.41, 5.74) is -0.551. The third-order valence-corrected chi connectivity index (χ3v) is 3.04. The summed E-state index contributed by atoms with van der Waals surface area (Å²) in [6.45, 7) is 7.02. The summed E-state index contributed by atoms with van der Waals surface area (Å²) in [6.07, 6.45) is 6.07. The molecule has 2 atom stereocenters. The fourth-order valence-corrected chi connectivity index (χ4v) is 2.05. The molecule has 0 aromatic carbocycles. The first-order valence-corrected chi connectivity index (χ1v) is 6.84. The number of hydrogen-bond donors (Lipinski definition) is 0. The maximum Gasteiger partial charge on any atom is 0.509 e. The number of ketones is 1. The number of ether oxygens (including phenoxy) is 2. The van der Waals surface area contributed by atoms with Crippen LogP contribution in [0.4, 0.5) is 4.79 Å². The molecule has 0 bridgehead atoms. The van der Waals surface area contributed by atoms with Crippen molar-refractivity contribution >= 4 is 11.9 Å². The van der Waals surface area contributed by atoms with Crippen LogP contribution in [0.15, 0.2) is 12.2 Å². The van der Waals surface area contributed by atoms with Crippen molar-refractivity contribution in [3.8, 4) is 0 Å². The van der Waals surface area contributed by atoms with Gasteiger partial charge in [0.25, 0.3) is 0 Å². The molecular weight excluding hydrogens is 244 g/mol. The molecule has 0 saturated carbocycles. The van der Waals surface area contributed by atoms with Gasteiger partial charge in [-0.25, -0.2) is 4.79 Å². The maximum atomic E-state index is 11.6. The summed E-state index contributed by atoms with van der Waals surface area (Å²) in [6, 6.07) is 0. The monoisotopic (exact) mass is 268 g/mol. The van der Waals surface area contributed by atoms with Crippen LogP contribution in [-0.4, -0.2) is 23.6 Å². The Bertz CT molecular complexity index is 352. The molecule has 0 aromatic heterocycles. The lowest BCUT2D eigenvalue weighted by Gasteiger charge is -2.23. The van der Waals surface area contributed by atoms with Crippen LogP contribution in [0, 0.1) is 5.92 Å². The topological polar surface area (TPSA) is 52.6 Å². The van der Waals surface area contributed by atoms with E-state index in [1.807, 2.05) is 12.2 Å². The van der Waals surface area contributed by atoms with Crippen LogP contribution < -0.4 is 0 Å². The van der Waals surface area contributed by atoms with E-state index < -0.39 is 11.8 Å². The number of allylic oxidation sites excluding steroid dienone is 1. The highest BCUT2D eigenvalue weighted by atomic mass is 16.7. The number of rotatable bonds is 2. The molecule has 0 amide bonds. The van der Waals surface area contributed by atoms with Gasteiger partial charge in [0, 0.05) is 5.92 Å². The van der Waals surface area contributed by atoms with Crippen molar-refractivity contribution in [3.05, 3.63) is 12.2 Å². The van der Waals surface area contributed by atoms with Gasteiger partial charge in [-0.3, -0.25) is 4.79 Å². The normalized spacial score (nSPS) is 25.9. The van der Waals surface area contributed by atoms with E-state index in [2.05, 4.69) is 0 Å². The molecule has 0 heterocycles. The third kappa shape index (κ3) is 6.41. The second kappa shape index (κ2) is 6.73. The van der Waals surface area contributed by atoms with Crippen molar-refractivity contribution in [1.82, 2.24) is 0 Å². The zero-order valence-electron chi connectivity index (χ0n) is 12.3. The zero-order chi connectivity index (χ0) is 14.5. The summed E-state index contributed by atoms with van der Waals surface area (Å²) in [4.78, 5) is 23.0. The van der Waals surface area contributed by atoms with Crippen LogP contribution in [0.1, 0.15) is 53.4 Å². The maximum absolute atomic E-state index is 11.6. The molecule has 2 unspecified atom stereocenters. The molecule has 1 aliphatic carbocycles. The summed E-state index contributed by atoms with van der Waals surface area (Å²) >= 11 is 0. The predicted octanol–water partition coefficient (Wildman–Crippen LogP) is 3.64. The van der Waals surface area contributed by atoms with Crippen LogP contribution in [-0.2, 0) is 14.3 Å². The third-order valence-electron chi connectivity index (χ3n) is 3.04. The smallest absolute Gasteiger partial charge is 0.429 e. The Labute approximate surface area is 115 Å². The van der Waals surface area contributed by atoms with E-state index in [0.717, 1.165) is 19.3 Å². The highest BCUT2D eigenvalue weighted by Crippen LogP contribution is 2.22. The fraction of sp³-hybridized carbons (Fsp3) is 0.733. The van der Waals surface area contributed by atoms with E-state index in [1.165, 1.54) is 0 Å². The summed E-state index contributed by atoms with van der Waals surface area (Å²) in [5, 5.41) is 0. The average Bonchev–Trinajstić information content (AvgIpc) is 2.18. The number of carbonyl (C=O) groups is 2. The van der Waals surface area contributed by atoms with E-state index >= 15 is 0 Å². The number of hydrogen-bond acceptors (Lipinski definition) is 4. The minimum absolute atomic E-state index is 0.0784. The van der Waals surface area contributed by atoms with Gasteiger partial charge in [-0.2, -0.15) is 0 Å². The zero-order valence-corrected chi connectivity index (χ0v) is 12.3. The first-order valence-electron chi connectivity index (χ1n) is 6.84. The van der Waals surface area contributed by atoms with Gasteiger partial charge in [0.1, 0.15) is 17.5 Å². The predicted molar refractivity (Wildman–Crippen MR) is 72.9 cm³/mol. The molecule has 108 valence electrons. The molecule has 4 heteroatoms. The van der Waals surface area contributed by atoms with Crippen LogP contribution in [0.2, 0.25) is 0 Å². The molecular formula is C15H24O4. The fourth-order valence-electron chi connectivity index (χ4n) is 2.05. The van der Waals surface area contributed by atoms with Gasteiger partial charge in [0.15, 0.2) is 0 Å². The van der Waals surface area contributed by atoms with Crippen molar-refractivity contribution in [3.63, 3.8) is 0 Å². The van der Waals surface area contributed by atoms with Gasteiger partial charge >= 0.3 is 6.16 Å². The van der Waals surface area contributed by atoms with E-state index in [-0.39, 0.29) is 17.8 Å². The molecule has 0 fully saturated rings. The van der Waals surface area contributed by atoms with Crippen LogP contribution in [0.3, 0.4) is 0 Å². The first kappa shape index (κ1) is 15.7. The largest absolute Gasteiger partial charge is 0.509 e. The Balaban J connectivity index is 2.51. The van der Waals surface area contributed by atoms with E-state index in [4.69, 9.17) is 9.47 Å². The van der Waals surface area contributed by atoms with Gasteiger partial charge in [-0.15, -0.1) is 0 Å². The van der Waals surface area contributed by atoms with Crippen molar-refractivity contribution < 1.29 is 19.1 Å². The summed E-state index contributed by atoms with van der Waals surface area (Å²) in [7, 11) is 0. The van der Waals surface area contributed by atoms with Crippen LogP contribution in [0.5, 0.6) is 0 Å². The van der Waals surface area contributed by atoms with E-state index in [1.54, 1.807) is 27.7 Å². The Morgan fingerprint density at radius 1 is 1.16 bits per heavy atom. The SMILES string of the molecule is CC(=O)C1CC/C=C/C(OC(=O)OC(C)(C)C)CC1. The highest BCUT2D eigenvalue weighted by Gasteiger charge is 2.23. The summed E-state index contributed by atoms with van der Waals surface area (Å²) in [5.74, 6) is 0.293. The lowest BCUT2D eigenvalue weighted by Crippen LogP contribution is -2.28. The van der Waals surface area contributed by atoms with Gasteiger partial charge in [0.05, 0.1) is 0 Å². The lowest BCUT2D eigenvalue weighted by molar-refractivity contribution is -0.121. The van der Waals surface area contributed by atoms with Crippen molar-refractivity contribution in [1.29, 1.82) is 0 Å². The molecule has 0 N–H and O–H groups in total. The second-order valence-corrected chi connectivity index (χ2v) is 6.01. The molecule has 1 aliphatic rings. The second-order valence-electron chi connectivity index (χ2n) is 6.01. The molecule has 0 spiro atoms.